The van der Waals surface area contributed by atoms with Crippen LogP contribution in [0.25, 0.3) is 10.9 Å². The van der Waals surface area contributed by atoms with E-state index in [4.69, 9.17) is 4.65 Å². The fourth-order valence-corrected chi connectivity index (χ4v) is 3.44. The highest BCUT2D eigenvalue weighted by molar-refractivity contribution is 7.23. The van der Waals surface area contributed by atoms with Gasteiger partial charge in [0.2, 0.25) is 0 Å². The molecule has 0 N–H and O–H groups in total. The molecular formula is C19H14BNOS. The van der Waals surface area contributed by atoms with Crippen LogP contribution in [-0.2, 0) is 0 Å². The quantitative estimate of drug-likeness (QED) is 0.538. The third-order valence-corrected chi connectivity index (χ3v) is 4.66. The van der Waals surface area contributed by atoms with Crippen LogP contribution >= 0.6 is 11.3 Å². The van der Waals surface area contributed by atoms with Crippen molar-refractivity contribution in [2.24, 2.45) is 0 Å². The van der Waals surface area contributed by atoms with Crippen molar-refractivity contribution in [3.8, 4) is 5.75 Å². The molecule has 0 atom stereocenters. The summed E-state index contributed by atoms with van der Waals surface area (Å²) in [7, 11) is 0. The van der Waals surface area contributed by atoms with Crippen LogP contribution in [0.5, 0.6) is 5.75 Å². The van der Waals surface area contributed by atoms with Crippen molar-refractivity contribution in [1.29, 1.82) is 0 Å². The number of pyridine rings is 1. The third kappa shape index (κ3) is 2.85. The van der Waals surface area contributed by atoms with E-state index in [0.29, 0.717) is 0 Å². The second-order valence-electron chi connectivity index (χ2n) is 5.26. The summed E-state index contributed by atoms with van der Waals surface area (Å²) in [6.07, 6.45) is 1.80. The zero-order valence-corrected chi connectivity index (χ0v) is 13.2. The molecule has 0 saturated carbocycles. The molecule has 4 aromatic rings. The van der Waals surface area contributed by atoms with Crippen LogP contribution in [0.2, 0.25) is 0 Å². The summed E-state index contributed by atoms with van der Waals surface area (Å²) in [6.45, 7) is -0.121. The Morgan fingerprint density at radius 3 is 2.52 bits per heavy atom. The zero-order valence-electron chi connectivity index (χ0n) is 12.4. The second-order valence-corrected chi connectivity index (χ2v) is 6.23. The molecule has 0 aliphatic carbocycles. The summed E-state index contributed by atoms with van der Waals surface area (Å²) in [4.78, 5) is 4.49. The Balaban J connectivity index is 1.79. The van der Waals surface area contributed by atoms with Crippen molar-refractivity contribution >= 4 is 39.4 Å². The van der Waals surface area contributed by atoms with Gasteiger partial charge in [-0.1, -0.05) is 60.7 Å². The van der Waals surface area contributed by atoms with E-state index >= 15 is 0 Å². The van der Waals surface area contributed by atoms with Gasteiger partial charge in [0, 0.05) is 16.4 Å². The number of fused-ring (bicyclic) bond motifs is 1. The van der Waals surface area contributed by atoms with Crippen LogP contribution in [-0.4, -0.2) is 11.9 Å². The SMILES string of the molecule is c1ccc(B(Oc2cccc3cccnc23)c2cccs2)cc1. The molecule has 0 spiro atoms. The van der Waals surface area contributed by atoms with Gasteiger partial charge in [0.1, 0.15) is 11.3 Å². The summed E-state index contributed by atoms with van der Waals surface area (Å²) in [6, 6.07) is 24.5. The topological polar surface area (TPSA) is 22.1 Å². The van der Waals surface area contributed by atoms with Gasteiger partial charge >= 0.3 is 6.92 Å². The first-order valence-electron chi connectivity index (χ1n) is 7.50. The van der Waals surface area contributed by atoms with Gasteiger partial charge in [-0.2, -0.15) is 11.3 Å². The molecule has 4 rings (SSSR count). The van der Waals surface area contributed by atoms with Crippen molar-refractivity contribution in [2.45, 2.75) is 0 Å². The van der Waals surface area contributed by atoms with E-state index in [1.807, 2.05) is 36.4 Å². The lowest BCUT2D eigenvalue weighted by atomic mass is 9.59. The van der Waals surface area contributed by atoms with Crippen LogP contribution < -0.4 is 14.9 Å². The first kappa shape index (κ1) is 14.0. The Bertz CT molecular complexity index is 904. The molecular weight excluding hydrogens is 301 g/mol. The monoisotopic (exact) mass is 315 g/mol. The van der Waals surface area contributed by atoms with Crippen molar-refractivity contribution in [3.63, 3.8) is 0 Å². The van der Waals surface area contributed by atoms with E-state index in [0.717, 1.165) is 22.1 Å². The third-order valence-electron chi connectivity index (χ3n) is 3.74. The normalized spacial score (nSPS) is 10.6. The van der Waals surface area contributed by atoms with E-state index in [2.05, 4.69) is 46.8 Å². The highest BCUT2D eigenvalue weighted by atomic mass is 32.1. The fourth-order valence-electron chi connectivity index (χ4n) is 2.66. The number of aromatic nitrogens is 1. The predicted octanol–water partition coefficient (Wildman–Crippen LogP) is 3.48. The molecule has 0 radical (unpaired) electrons. The molecule has 0 bridgehead atoms. The number of para-hydroxylation sites is 1. The summed E-state index contributed by atoms with van der Waals surface area (Å²) < 4.78 is 7.59. The van der Waals surface area contributed by atoms with Gasteiger partial charge in [-0.05, 0) is 23.0 Å². The van der Waals surface area contributed by atoms with E-state index in [1.165, 1.54) is 4.78 Å². The highest BCUT2D eigenvalue weighted by Crippen LogP contribution is 2.23. The molecule has 2 aromatic carbocycles. The standard InChI is InChI=1S/C19H14BNOS/c1-2-9-16(10-3-1)20(18-12-6-14-23-18)22-17-11-4-7-15-8-5-13-21-19(15)17/h1-14H. The average molecular weight is 315 g/mol. The number of hydrogen-bond acceptors (Lipinski definition) is 3. The summed E-state index contributed by atoms with van der Waals surface area (Å²) in [5.41, 5.74) is 2.04. The predicted molar refractivity (Wildman–Crippen MR) is 98.2 cm³/mol. The minimum atomic E-state index is -0.121. The number of nitrogens with zero attached hydrogens (tertiary/aromatic N) is 1. The minimum Gasteiger partial charge on any atom is -0.549 e. The highest BCUT2D eigenvalue weighted by Gasteiger charge is 2.25. The second kappa shape index (κ2) is 6.27. The summed E-state index contributed by atoms with van der Waals surface area (Å²) >= 11 is 1.71. The van der Waals surface area contributed by atoms with Crippen LogP contribution in [0.4, 0.5) is 0 Å². The molecule has 0 saturated heterocycles. The number of thiophene rings is 1. The van der Waals surface area contributed by atoms with Gasteiger partial charge in [-0.15, -0.1) is 0 Å². The van der Waals surface area contributed by atoms with Crippen molar-refractivity contribution in [1.82, 2.24) is 4.98 Å². The summed E-state index contributed by atoms with van der Waals surface area (Å²) in [5.74, 6) is 0.811. The van der Waals surface area contributed by atoms with Gasteiger partial charge in [0.15, 0.2) is 0 Å². The van der Waals surface area contributed by atoms with E-state index in [-0.39, 0.29) is 6.92 Å². The van der Waals surface area contributed by atoms with Gasteiger partial charge in [0.25, 0.3) is 0 Å². The maximum absolute atomic E-state index is 6.41. The lowest BCUT2D eigenvalue weighted by Crippen LogP contribution is -2.46. The molecule has 0 fully saturated rings. The van der Waals surface area contributed by atoms with Crippen molar-refractivity contribution in [2.75, 3.05) is 0 Å². The van der Waals surface area contributed by atoms with E-state index in [1.54, 1.807) is 17.5 Å². The lowest BCUT2D eigenvalue weighted by molar-refractivity contribution is 0.598. The zero-order chi connectivity index (χ0) is 15.5. The van der Waals surface area contributed by atoms with Gasteiger partial charge in [-0.3, -0.25) is 4.98 Å². The van der Waals surface area contributed by atoms with Crippen LogP contribution in [0, 0.1) is 0 Å². The molecule has 0 amide bonds. The smallest absolute Gasteiger partial charge is 0.436 e. The number of benzene rings is 2. The average Bonchev–Trinajstić information content (AvgIpc) is 3.15. The molecule has 4 heteroatoms. The molecule has 110 valence electrons. The first-order valence-corrected chi connectivity index (χ1v) is 8.38. The first-order chi connectivity index (χ1) is 11.4. The summed E-state index contributed by atoms with van der Waals surface area (Å²) in [5, 5.41) is 3.17. The number of hydrogen-bond donors (Lipinski definition) is 0. The Morgan fingerprint density at radius 2 is 1.70 bits per heavy atom. The lowest BCUT2D eigenvalue weighted by Gasteiger charge is -2.16. The largest absolute Gasteiger partial charge is 0.549 e. The fraction of sp³-hybridized carbons (Fsp3) is 0. The molecule has 0 aliphatic heterocycles. The Kier molecular flexibility index (Phi) is 3.82. The van der Waals surface area contributed by atoms with Gasteiger partial charge in [-0.25, -0.2) is 0 Å². The molecule has 23 heavy (non-hydrogen) atoms. The number of rotatable bonds is 4. The minimum absolute atomic E-state index is 0.121. The van der Waals surface area contributed by atoms with Crippen LogP contribution in [0.15, 0.2) is 84.4 Å². The Hall–Kier alpha value is -2.59. The van der Waals surface area contributed by atoms with E-state index < -0.39 is 0 Å². The molecule has 2 heterocycles. The van der Waals surface area contributed by atoms with Crippen LogP contribution in [0.1, 0.15) is 0 Å². The molecule has 2 nitrogen and oxygen atoms in total. The van der Waals surface area contributed by atoms with Gasteiger partial charge < -0.3 is 4.65 Å². The Morgan fingerprint density at radius 1 is 0.826 bits per heavy atom. The van der Waals surface area contributed by atoms with Crippen molar-refractivity contribution < 1.29 is 4.65 Å². The Labute approximate surface area is 139 Å². The molecule has 0 aliphatic rings. The van der Waals surface area contributed by atoms with Crippen LogP contribution in [0.3, 0.4) is 0 Å². The maximum atomic E-state index is 6.41. The van der Waals surface area contributed by atoms with Gasteiger partial charge in [0.05, 0.1) is 0 Å². The molecule has 2 aromatic heterocycles. The maximum Gasteiger partial charge on any atom is 0.436 e. The van der Waals surface area contributed by atoms with Crippen molar-refractivity contribution in [3.05, 3.63) is 84.4 Å². The molecule has 0 unspecified atom stereocenters. The van der Waals surface area contributed by atoms with E-state index in [9.17, 15) is 0 Å².